The van der Waals surface area contributed by atoms with E-state index in [0.717, 1.165) is 0 Å². The van der Waals surface area contributed by atoms with Gasteiger partial charge in [0.2, 0.25) is 0 Å². The van der Waals surface area contributed by atoms with Crippen molar-refractivity contribution in [3.8, 4) is 0 Å². The van der Waals surface area contributed by atoms with Crippen molar-refractivity contribution in [3.63, 3.8) is 0 Å². The van der Waals surface area contributed by atoms with Crippen molar-refractivity contribution < 1.29 is 23.2 Å². The molecule has 0 amide bonds. The molecule has 6 rings (SSSR count). The molecule has 168 valence electrons. The second-order valence-corrected chi connectivity index (χ2v) is 9.04. The molecule has 1 saturated heterocycles. The van der Waals surface area contributed by atoms with E-state index in [1.165, 1.54) is 37.3 Å². The molecule has 0 bridgehead atoms. The molecule has 0 radical (unpaired) electrons. The van der Waals surface area contributed by atoms with E-state index in [1.54, 1.807) is 53.5 Å². The van der Waals surface area contributed by atoms with Gasteiger partial charge < -0.3 is 4.90 Å². The van der Waals surface area contributed by atoms with E-state index in [4.69, 9.17) is 0 Å². The van der Waals surface area contributed by atoms with Crippen LogP contribution in [-0.4, -0.2) is 29.4 Å². The quantitative estimate of drug-likeness (QED) is 0.511. The molecule has 3 aliphatic rings. The third kappa shape index (κ3) is 2.43. The number of fused-ring (bicyclic) bond motifs is 5. The Morgan fingerprint density at radius 3 is 2.21 bits per heavy atom. The third-order valence-corrected chi connectivity index (χ3v) is 7.42. The topological polar surface area (TPSA) is 54.5 Å². The van der Waals surface area contributed by atoms with Crippen LogP contribution in [0.3, 0.4) is 0 Å². The van der Waals surface area contributed by atoms with Crippen LogP contribution >= 0.6 is 0 Å². The summed E-state index contributed by atoms with van der Waals surface area (Å²) in [5.74, 6) is -3.24. The second-order valence-electron chi connectivity index (χ2n) is 9.04. The molecule has 4 nitrogen and oxygen atoms in total. The van der Waals surface area contributed by atoms with Crippen molar-refractivity contribution in [3.05, 3.63) is 107 Å². The molecule has 1 fully saturated rings. The Morgan fingerprint density at radius 1 is 0.912 bits per heavy atom. The lowest BCUT2D eigenvalue weighted by Crippen LogP contribution is -2.48. The minimum atomic E-state index is -1.73. The fourth-order valence-corrected chi connectivity index (χ4v) is 6.17. The van der Waals surface area contributed by atoms with E-state index in [2.05, 4.69) is 0 Å². The Labute approximate surface area is 194 Å². The molecular formula is C28H19F2NO3. The smallest absolute Gasteiger partial charge is 0.180 e. The number of ketones is 3. The van der Waals surface area contributed by atoms with Crippen LogP contribution in [0.15, 0.2) is 72.8 Å². The average molecular weight is 455 g/mol. The lowest BCUT2D eigenvalue weighted by atomic mass is 9.64. The van der Waals surface area contributed by atoms with E-state index in [-0.39, 0.29) is 22.5 Å². The standard InChI is InChI=1S/C28H19F2NO3/c1-15(32)25-24(20-8-4-5-9-21(20)30)28(26(33)18-6-2-3-7-19(18)27(28)34)23-13-10-16-14-17(29)11-12-22(16)31(23)25/h2-14,23-25H,1H3/t23-,24-,25-/m0/s1. The first-order chi connectivity index (χ1) is 16.4. The van der Waals surface area contributed by atoms with Crippen LogP contribution < -0.4 is 4.90 Å². The van der Waals surface area contributed by atoms with Gasteiger partial charge in [-0.05, 0) is 36.8 Å². The fourth-order valence-electron chi connectivity index (χ4n) is 6.17. The van der Waals surface area contributed by atoms with Crippen LogP contribution in [-0.2, 0) is 4.79 Å². The molecule has 3 atom stereocenters. The van der Waals surface area contributed by atoms with Crippen LogP contribution in [0.4, 0.5) is 14.5 Å². The van der Waals surface area contributed by atoms with Gasteiger partial charge >= 0.3 is 0 Å². The van der Waals surface area contributed by atoms with Gasteiger partial charge in [-0.1, -0.05) is 54.6 Å². The van der Waals surface area contributed by atoms with Crippen LogP contribution in [0.5, 0.6) is 0 Å². The fraction of sp³-hybridized carbons (Fsp3) is 0.179. The number of nitrogens with zero attached hydrogens (tertiary/aromatic N) is 1. The summed E-state index contributed by atoms with van der Waals surface area (Å²) in [5, 5.41) is 0. The van der Waals surface area contributed by atoms with Gasteiger partial charge in [0.1, 0.15) is 17.0 Å². The van der Waals surface area contributed by atoms with Crippen molar-refractivity contribution in [2.45, 2.75) is 24.9 Å². The van der Waals surface area contributed by atoms with Gasteiger partial charge in [-0.25, -0.2) is 8.78 Å². The van der Waals surface area contributed by atoms with Crippen LogP contribution in [0.1, 0.15) is 44.7 Å². The van der Waals surface area contributed by atoms with E-state index in [0.29, 0.717) is 11.3 Å². The number of Topliss-reactive ketones (excluding diaryl/α,β-unsaturated/α-hetero) is 3. The predicted octanol–water partition coefficient (Wildman–Crippen LogP) is 4.99. The highest BCUT2D eigenvalue weighted by Crippen LogP contribution is 2.60. The summed E-state index contributed by atoms with van der Waals surface area (Å²) in [7, 11) is 0. The molecule has 34 heavy (non-hydrogen) atoms. The Morgan fingerprint density at radius 2 is 1.56 bits per heavy atom. The third-order valence-electron chi connectivity index (χ3n) is 7.42. The lowest BCUT2D eigenvalue weighted by molar-refractivity contribution is -0.118. The summed E-state index contributed by atoms with van der Waals surface area (Å²) in [6, 6.07) is 14.9. The van der Waals surface area contributed by atoms with Gasteiger partial charge in [0.15, 0.2) is 17.3 Å². The SMILES string of the molecule is CC(=O)[C@H]1[C@H](c2ccccc2F)C2(C(=O)c3ccccc3C2=O)[C@@H]2C=Cc3cc(F)ccc3N21. The van der Waals surface area contributed by atoms with Gasteiger partial charge in [0, 0.05) is 28.3 Å². The number of carbonyl (C=O) groups excluding carboxylic acids is 3. The summed E-state index contributed by atoms with van der Waals surface area (Å²) in [6.07, 6.45) is 3.35. The van der Waals surface area contributed by atoms with Crippen molar-refractivity contribution in [1.29, 1.82) is 0 Å². The van der Waals surface area contributed by atoms with E-state index < -0.39 is 46.6 Å². The normalized spacial score (nSPS) is 23.7. The maximum atomic E-state index is 15.3. The highest BCUT2D eigenvalue weighted by molar-refractivity contribution is 6.32. The Bertz CT molecular complexity index is 1410. The molecule has 2 heterocycles. The van der Waals surface area contributed by atoms with E-state index in [9.17, 15) is 18.8 Å². The monoisotopic (exact) mass is 455 g/mol. The number of hydrogen-bond acceptors (Lipinski definition) is 4. The van der Waals surface area contributed by atoms with E-state index >= 15 is 4.39 Å². The summed E-state index contributed by atoms with van der Waals surface area (Å²) in [4.78, 5) is 43.2. The van der Waals surface area contributed by atoms with Crippen molar-refractivity contribution in [1.82, 2.24) is 0 Å². The number of hydrogen-bond donors (Lipinski definition) is 0. The second kappa shape index (κ2) is 7.03. The molecule has 0 N–H and O–H groups in total. The van der Waals surface area contributed by atoms with Gasteiger partial charge in [-0.15, -0.1) is 0 Å². The molecule has 6 heteroatoms. The minimum Gasteiger partial charge on any atom is -0.352 e. The van der Waals surface area contributed by atoms with Gasteiger partial charge in [-0.2, -0.15) is 0 Å². The van der Waals surface area contributed by atoms with Crippen LogP contribution in [0, 0.1) is 17.0 Å². The number of rotatable bonds is 2. The average Bonchev–Trinajstić information content (AvgIpc) is 3.26. The maximum absolute atomic E-state index is 15.3. The summed E-state index contributed by atoms with van der Waals surface area (Å²) < 4.78 is 29.3. The number of carbonyl (C=O) groups is 3. The van der Waals surface area contributed by atoms with Crippen molar-refractivity contribution in [2.24, 2.45) is 5.41 Å². The zero-order valence-electron chi connectivity index (χ0n) is 18.2. The van der Waals surface area contributed by atoms with Crippen molar-refractivity contribution >= 4 is 29.1 Å². The summed E-state index contributed by atoms with van der Waals surface area (Å²) >= 11 is 0. The molecule has 1 spiro atoms. The first kappa shape index (κ1) is 20.7. The number of halogens is 2. The molecule has 0 aromatic heterocycles. The molecule has 2 aliphatic heterocycles. The Kier molecular flexibility index (Phi) is 4.27. The molecule has 0 saturated carbocycles. The first-order valence-corrected chi connectivity index (χ1v) is 11.1. The zero-order valence-corrected chi connectivity index (χ0v) is 18.2. The first-order valence-electron chi connectivity index (χ1n) is 11.1. The lowest BCUT2D eigenvalue weighted by Gasteiger charge is -2.37. The Balaban J connectivity index is 1.70. The van der Waals surface area contributed by atoms with Crippen LogP contribution in [0.25, 0.3) is 6.08 Å². The highest BCUT2D eigenvalue weighted by atomic mass is 19.1. The number of benzene rings is 3. The van der Waals surface area contributed by atoms with Gasteiger partial charge in [0.05, 0.1) is 12.1 Å². The largest absolute Gasteiger partial charge is 0.352 e. The Hall–Kier alpha value is -3.93. The molecule has 0 unspecified atom stereocenters. The van der Waals surface area contributed by atoms with Gasteiger partial charge in [-0.3, -0.25) is 14.4 Å². The molecule has 3 aromatic rings. The number of anilines is 1. The molecular weight excluding hydrogens is 436 g/mol. The zero-order chi connectivity index (χ0) is 23.8. The van der Waals surface area contributed by atoms with Crippen molar-refractivity contribution in [2.75, 3.05) is 4.90 Å². The summed E-state index contributed by atoms with van der Waals surface area (Å²) in [6.45, 7) is 1.38. The molecule has 3 aromatic carbocycles. The minimum absolute atomic E-state index is 0.142. The van der Waals surface area contributed by atoms with E-state index in [1.807, 2.05) is 0 Å². The molecule has 1 aliphatic carbocycles. The maximum Gasteiger partial charge on any atom is 0.180 e. The predicted molar refractivity (Wildman–Crippen MR) is 123 cm³/mol. The highest BCUT2D eigenvalue weighted by Gasteiger charge is 2.71. The summed E-state index contributed by atoms with van der Waals surface area (Å²) in [5.41, 5.74) is 0.0208. The van der Waals surface area contributed by atoms with Crippen LogP contribution in [0.2, 0.25) is 0 Å². The van der Waals surface area contributed by atoms with Gasteiger partial charge in [0.25, 0.3) is 0 Å².